The van der Waals surface area contributed by atoms with E-state index in [-0.39, 0.29) is 0 Å². The normalized spacial score (nSPS) is 14.0. The molecular formula is C10H8NO+. The number of hydrogen-bond donors (Lipinski definition) is 0. The Morgan fingerprint density at radius 2 is 2.42 bits per heavy atom. The molecule has 0 amide bonds. The van der Waals surface area contributed by atoms with Gasteiger partial charge in [-0.3, -0.25) is 0 Å². The molecule has 2 aromatic rings. The summed E-state index contributed by atoms with van der Waals surface area (Å²) in [4.78, 5) is 0. The molecule has 0 aliphatic heterocycles. The number of rotatable bonds is 0. The molecule has 0 N–H and O–H groups in total. The molecule has 0 aromatic carbocycles. The number of allylic oxidation sites excluding steroid dienone is 1. The minimum absolute atomic E-state index is 0.969. The summed E-state index contributed by atoms with van der Waals surface area (Å²) in [6.45, 7) is 0. The lowest BCUT2D eigenvalue weighted by Gasteiger charge is -1.97. The van der Waals surface area contributed by atoms with Gasteiger partial charge in [0.15, 0.2) is 6.20 Å². The van der Waals surface area contributed by atoms with Crippen LogP contribution in [0.1, 0.15) is 11.3 Å². The van der Waals surface area contributed by atoms with Gasteiger partial charge in [0.1, 0.15) is 0 Å². The lowest BCUT2D eigenvalue weighted by molar-refractivity contribution is -0.518. The SMILES string of the molecule is C1=Cc2oc[n+]3cccc(c23)C1. The van der Waals surface area contributed by atoms with Crippen molar-refractivity contribution < 1.29 is 8.82 Å². The van der Waals surface area contributed by atoms with Crippen molar-refractivity contribution in [1.29, 1.82) is 0 Å². The van der Waals surface area contributed by atoms with Crippen LogP contribution in [0.5, 0.6) is 0 Å². The van der Waals surface area contributed by atoms with E-state index in [4.69, 9.17) is 4.42 Å². The quantitative estimate of drug-likeness (QED) is 0.532. The summed E-state index contributed by atoms with van der Waals surface area (Å²) < 4.78 is 7.39. The van der Waals surface area contributed by atoms with Crippen LogP contribution in [0.3, 0.4) is 0 Å². The van der Waals surface area contributed by atoms with Crippen LogP contribution in [-0.2, 0) is 6.42 Å². The van der Waals surface area contributed by atoms with Gasteiger partial charge in [0.2, 0.25) is 5.76 Å². The number of aromatic nitrogens is 1. The Labute approximate surface area is 69.8 Å². The van der Waals surface area contributed by atoms with Crippen LogP contribution in [0.15, 0.2) is 35.2 Å². The minimum atomic E-state index is 0.969. The van der Waals surface area contributed by atoms with Crippen LogP contribution in [0.25, 0.3) is 11.6 Å². The second-order valence-corrected chi connectivity index (χ2v) is 2.98. The van der Waals surface area contributed by atoms with E-state index in [1.165, 1.54) is 11.1 Å². The zero-order valence-corrected chi connectivity index (χ0v) is 6.53. The maximum Gasteiger partial charge on any atom is 0.341 e. The predicted octanol–water partition coefficient (Wildman–Crippen LogP) is 1.59. The highest BCUT2D eigenvalue weighted by atomic mass is 16.3. The summed E-state index contributed by atoms with van der Waals surface area (Å²) >= 11 is 0. The fourth-order valence-corrected chi connectivity index (χ4v) is 1.69. The molecular weight excluding hydrogens is 150 g/mol. The predicted molar refractivity (Wildman–Crippen MR) is 44.6 cm³/mol. The van der Waals surface area contributed by atoms with Crippen molar-refractivity contribution in [3.8, 4) is 0 Å². The van der Waals surface area contributed by atoms with E-state index in [0.717, 1.165) is 12.2 Å². The van der Waals surface area contributed by atoms with Gasteiger partial charge in [0.25, 0.3) is 5.52 Å². The van der Waals surface area contributed by atoms with Gasteiger partial charge < -0.3 is 4.42 Å². The Bertz CT molecular complexity index is 468. The van der Waals surface area contributed by atoms with Gasteiger partial charge in [0.05, 0.1) is 0 Å². The summed E-state index contributed by atoms with van der Waals surface area (Å²) in [5, 5.41) is 0. The Morgan fingerprint density at radius 1 is 1.42 bits per heavy atom. The third-order valence-electron chi connectivity index (χ3n) is 2.24. The van der Waals surface area contributed by atoms with Crippen LogP contribution in [0.2, 0.25) is 0 Å². The second-order valence-electron chi connectivity index (χ2n) is 2.98. The Hall–Kier alpha value is -1.57. The maximum atomic E-state index is 5.37. The van der Waals surface area contributed by atoms with Crippen molar-refractivity contribution in [3.05, 3.63) is 42.1 Å². The van der Waals surface area contributed by atoms with Gasteiger partial charge in [-0.1, -0.05) is 6.08 Å². The summed E-state index contributed by atoms with van der Waals surface area (Å²) in [5.74, 6) is 0.969. The van der Waals surface area contributed by atoms with Crippen molar-refractivity contribution in [3.63, 3.8) is 0 Å². The first-order valence-electron chi connectivity index (χ1n) is 4.02. The van der Waals surface area contributed by atoms with E-state index in [1.807, 2.05) is 22.7 Å². The topological polar surface area (TPSA) is 17.2 Å². The molecule has 0 fully saturated rings. The fourth-order valence-electron chi connectivity index (χ4n) is 1.69. The maximum absolute atomic E-state index is 5.37. The van der Waals surface area contributed by atoms with Crippen molar-refractivity contribution in [2.45, 2.75) is 6.42 Å². The Morgan fingerprint density at radius 3 is 3.42 bits per heavy atom. The standard InChI is InChI=1S/C10H8NO/c1-3-8-4-2-6-11-7-12-9(5-1)10(8)11/h1-2,4-7H,3H2/q+1. The molecule has 58 valence electrons. The largest absolute Gasteiger partial charge is 0.403 e. The molecule has 0 saturated heterocycles. The molecule has 1 aliphatic carbocycles. The van der Waals surface area contributed by atoms with Gasteiger partial charge >= 0.3 is 6.39 Å². The van der Waals surface area contributed by atoms with Crippen molar-refractivity contribution >= 4 is 11.6 Å². The molecule has 12 heavy (non-hydrogen) atoms. The van der Waals surface area contributed by atoms with E-state index in [9.17, 15) is 0 Å². The number of hydrogen-bond acceptors (Lipinski definition) is 1. The first kappa shape index (κ1) is 6.00. The Balaban J connectivity index is 2.57. The number of oxazole rings is 1. The van der Waals surface area contributed by atoms with Gasteiger partial charge in [0, 0.05) is 11.6 Å². The van der Waals surface area contributed by atoms with E-state index < -0.39 is 0 Å². The van der Waals surface area contributed by atoms with Gasteiger partial charge in [-0.25, -0.2) is 0 Å². The molecule has 0 atom stereocenters. The zero-order chi connectivity index (χ0) is 7.97. The smallest absolute Gasteiger partial charge is 0.341 e. The number of nitrogens with zero attached hydrogens (tertiary/aromatic N) is 1. The molecule has 2 nitrogen and oxygen atoms in total. The highest BCUT2D eigenvalue weighted by Crippen LogP contribution is 2.19. The molecule has 2 heterocycles. The van der Waals surface area contributed by atoms with Crippen LogP contribution >= 0.6 is 0 Å². The Kier molecular flexibility index (Phi) is 0.987. The lowest BCUT2D eigenvalue weighted by Crippen LogP contribution is -2.18. The highest BCUT2D eigenvalue weighted by Gasteiger charge is 2.18. The first-order valence-corrected chi connectivity index (χ1v) is 4.02. The van der Waals surface area contributed by atoms with Crippen molar-refractivity contribution in [2.24, 2.45) is 0 Å². The minimum Gasteiger partial charge on any atom is -0.403 e. The molecule has 3 rings (SSSR count). The van der Waals surface area contributed by atoms with E-state index >= 15 is 0 Å². The summed E-state index contributed by atoms with van der Waals surface area (Å²) in [6, 6.07) is 4.18. The number of pyridine rings is 1. The molecule has 2 aromatic heterocycles. The average Bonchev–Trinajstić information content (AvgIpc) is 2.52. The summed E-state index contributed by atoms with van der Waals surface area (Å²) in [7, 11) is 0. The highest BCUT2D eigenvalue weighted by molar-refractivity contribution is 5.68. The molecule has 2 heteroatoms. The molecule has 0 bridgehead atoms. The van der Waals surface area contributed by atoms with Gasteiger partial charge in [-0.15, -0.1) is 4.40 Å². The van der Waals surface area contributed by atoms with Crippen LogP contribution in [0, 0.1) is 0 Å². The third kappa shape index (κ3) is 0.619. The third-order valence-corrected chi connectivity index (χ3v) is 2.24. The van der Waals surface area contributed by atoms with Gasteiger partial charge in [-0.05, 0) is 18.6 Å². The van der Waals surface area contributed by atoms with Crippen LogP contribution in [0.4, 0.5) is 0 Å². The first-order chi connectivity index (χ1) is 5.95. The molecule has 0 radical (unpaired) electrons. The van der Waals surface area contributed by atoms with Crippen LogP contribution in [-0.4, -0.2) is 0 Å². The van der Waals surface area contributed by atoms with E-state index in [2.05, 4.69) is 12.1 Å². The average molecular weight is 158 g/mol. The summed E-state index contributed by atoms with van der Waals surface area (Å²) in [6.07, 6.45) is 8.91. The molecule has 1 aliphatic rings. The van der Waals surface area contributed by atoms with E-state index in [1.54, 1.807) is 6.39 Å². The molecule has 0 saturated carbocycles. The van der Waals surface area contributed by atoms with Crippen LogP contribution < -0.4 is 4.40 Å². The van der Waals surface area contributed by atoms with Crippen molar-refractivity contribution in [2.75, 3.05) is 0 Å². The van der Waals surface area contributed by atoms with Gasteiger partial charge in [-0.2, -0.15) is 0 Å². The molecule has 0 unspecified atom stereocenters. The van der Waals surface area contributed by atoms with Crippen molar-refractivity contribution in [1.82, 2.24) is 0 Å². The summed E-state index contributed by atoms with van der Waals surface area (Å²) in [5.41, 5.74) is 2.55. The molecule has 0 spiro atoms. The lowest BCUT2D eigenvalue weighted by atomic mass is 10.1. The monoisotopic (exact) mass is 158 g/mol. The second kappa shape index (κ2) is 1.97. The zero-order valence-electron chi connectivity index (χ0n) is 6.53. The fraction of sp³-hybridized carbons (Fsp3) is 0.100. The van der Waals surface area contributed by atoms with E-state index in [0.29, 0.717) is 0 Å².